The summed E-state index contributed by atoms with van der Waals surface area (Å²) in [5, 5.41) is 7.46. The Morgan fingerprint density at radius 2 is 2.05 bits per heavy atom. The molecule has 1 fully saturated rings. The summed E-state index contributed by atoms with van der Waals surface area (Å²) in [6.45, 7) is 8.94. The zero-order valence-electron chi connectivity index (χ0n) is 13.6. The largest absolute Gasteiger partial charge is 0.450 e. The van der Waals surface area contributed by atoms with E-state index in [0.717, 1.165) is 48.0 Å². The van der Waals surface area contributed by atoms with Crippen molar-refractivity contribution in [3.8, 4) is 0 Å². The molecule has 0 unspecified atom stereocenters. The van der Waals surface area contributed by atoms with E-state index < -0.39 is 0 Å². The van der Waals surface area contributed by atoms with Crippen LogP contribution in [0.4, 0.5) is 0 Å². The molecule has 1 aliphatic rings. The molecule has 22 heavy (non-hydrogen) atoms. The van der Waals surface area contributed by atoms with Gasteiger partial charge in [0.15, 0.2) is 5.76 Å². The zero-order chi connectivity index (χ0) is 15.7. The molecular formula is C18H24N2O2. The molecule has 1 aromatic heterocycles. The predicted molar refractivity (Wildman–Crippen MR) is 88.2 cm³/mol. The highest BCUT2D eigenvalue weighted by atomic mass is 16.3. The fraction of sp³-hybridized carbons (Fsp3) is 0.500. The first-order chi connectivity index (χ1) is 10.5. The lowest BCUT2D eigenvalue weighted by atomic mass is 9.81. The van der Waals surface area contributed by atoms with Crippen LogP contribution in [0.1, 0.15) is 41.4 Å². The van der Waals surface area contributed by atoms with Crippen LogP contribution in [0.25, 0.3) is 11.0 Å². The van der Waals surface area contributed by atoms with Gasteiger partial charge in [-0.05, 0) is 50.8 Å². The monoisotopic (exact) mass is 300 g/mol. The summed E-state index contributed by atoms with van der Waals surface area (Å²) in [6, 6.07) is 6.01. The molecular weight excluding hydrogens is 276 g/mol. The maximum absolute atomic E-state index is 12.5. The third-order valence-corrected chi connectivity index (χ3v) is 4.85. The molecule has 2 heterocycles. The van der Waals surface area contributed by atoms with Crippen LogP contribution in [0, 0.1) is 19.3 Å². The molecule has 4 nitrogen and oxygen atoms in total. The lowest BCUT2D eigenvalue weighted by Crippen LogP contribution is -2.42. The van der Waals surface area contributed by atoms with E-state index >= 15 is 0 Å². The van der Waals surface area contributed by atoms with E-state index in [2.05, 4.69) is 17.6 Å². The molecule has 2 N–H and O–H groups in total. The normalized spacial score (nSPS) is 17.6. The van der Waals surface area contributed by atoms with E-state index in [1.165, 1.54) is 0 Å². The Balaban J connectivity index is 1.78. The van der Waals surface area contributed by atoms with Gasteiger partial charge in [0.2, 0.25) is 0 Å². The number of benzene rings is 1. The number of aryl methyl sites for hydroxylation is 2. The number of para-hydroxylation sites is 1. The fourth-order valence-corrected chi connectivity index (χ4v) is 3.18. The van der Waals surface area contributed by atoms with Crippen LogP contribution >= 0.6 is 0 Å². The van der Waals surface area contributed by atoms with Gasteiger partial charge in [0.25, 0.3) is 5.91 Å². The SMILES string of the molecule is Cc1c(C(=O)NCC2(C)CCNCC2)oc2c(C)cccc12. The number of fused-ring (bicyclic) bond motifs is 1. The summed E-state index contributed by atoms with van der Waals surface area (Å²) in [6.07, 6.45) is 2.18. The zero-order valence-corrected chi connectivity index (χ0v) is 13.6. The topological polar surface area (TPSA) is 54.3 Å². The van der Waals surface area contributed by atoms with Crippen LogP contribution in [0.3, 0.4) is 0 Å². The average Bonchev–Trinajstić information content (AvgIpc) is 2.85. The Morgan fingerprint density at radius 3 is 2.73 bits per heavy atom. The average molecular weight is 300 g/mol. The lowest BCUT2D eigenvalue weighted by Gasteiger charge is -2.34. The molecule has 0 atom stereocenters. The summed E-state index contributed by atoms with van der Waals surface area (Å²) < 4.78 is 5.84. The van der Waals surface area contributed by atoms with E-state index in [0.29, 0.717) is 12.3 Å². The summed E-state index contributed by atoms with van der Waals surface area (Å²) in [4.78, 5) is 12.5. The summed E-state index contributed by atoms with van der Waals surface area (Å²) in [5.41, 5.74) is 2.98. The minimum absolute atomic E-state index is 0.104. The maximum Gasteiger partial charge on any atom is 0.287 e. The van der Waals surface area contributed by atoms with Crippen LogP contribution in [0.15, 0.2) is 22.6 Å². The van der Waals surface area contributed by atoms with Gasteiger partial charge >= 0.3 is 0 Å². The third-order valence-electron chi connectivity index (χ3n) is 4.85. The summed E-state index contributed by atoms with van der Waals surface area (Å²) in [5.74, 6) is 0.342. The van der Waals surface area contributed by atoms with Gasteiger partial charge < -0.3 is 15.1 Å². The van der Waals surface area contributed by atoms with Crippen molar-refractivity contribution in [1.82, 2.24) is 10.6 Å². The van der Waals surface area contributed by atoms with Crippen molar-refractivity contribution in [3.63, 3.8) is 0 Å². The molecule has 1 amide bonds. The maximum atomic E-state index is 12.5. The highest BCUT2D eigenvalue weighted by Gasteiger charge is 2.28. The Morgan fingerprint density at radius 1 is 1.32 bits per heavy atom. The molecule has 0 saturated carbocycles. The van der Waals surface area contributed by atoms with Crippen molar-refractivity contribution in [2.24, 2.45) is 5.41 Å². The van der Waals surface area contributed by atoms with Crippen molar-refractivity contribution in [2.75, 3.05) is 19.6 Å². The number of amides is 1. The molecule has 2 aromatic rings. The minimum atomic E-state index is -0.104. The predicted octanol–water partition coefficient (Wildman–Crippen LogP) is 3.17. The van der Waals surface area contributed by atoms with E-state index in [-0.39, 0.29) is 11.3 Å². The summed E-state index contributed by atoms with van der Waals surface area (Å²) in [7, 11) is 0. The molecule has 1 aliphatic heterocycles. The number of carbonyl (C=O) groups is 1. The van der Waals surface area contributed by atoms with Gasteiger partial charge in [0.1, 0.15) is 5.58 Å². The van der Waals surface area contributed by atoms with Crippen molar-refractivity contribution in [2.45, 2.75) is 33.6 Å². The van der Waals surface area contributed by atoms with Crippen LogP contribution in [0.5, 0.6) is 0 Å². The first-order valence-corrected chi connectivity index (χ1v) is 7.98. The number of piperidine rings is 1. The molecule has 118 valence electrons. The highest BCUT2D eigenvalue weighted by Crippen LogP contribution is 2.29. The van der Waals surface area contributed by atoms with E-state index in [1.54, 1.807) is 0 Å². The molecule has 0 bridgehead atoms. The Kier molecular flexibility index (Phi) is 3.96. The smallest absolute Gasteiger partial charge is 0.287 e. The first kappa shape index (κ1) is 15.1. The lowest BCUT2D eigenvalue weighted by molar-refractivity contribution is 0.0896. The van der Waals surface area contributed by atoms with Gasteiger partial charge in [-0.3, -0.25) is 4.79 Å². The molecule has 0 radical (unpaired) electrons. The van der Waals surface area contributed by atoms with Crippen molar-refractivity contribution in [3.05, 3.63) is 35.1 Å². The number of carbonyl (C=O) groups excluding carboxylic acids is 1. The second-order valence-electron chi connectivity index (χ2n) is 6.75. The van der Waals surface area contributed by atoms with Gasteiger partial charge in [-0.2, -0.15) is 0 Å². The molecule has 3 rings (SSSR count). The van der Waals surface area contributed by atoms with Crippen LogP contribution < -0.4 is 10.6 Å². The number of furan rings is 1. The Bertz CT molecular complexity index is 696. The van der Waals surface area contributed by atoms with Gasteiger partial charge in [-0.15, -0.1) is 0 Å². The quantitative estimate of drug-likeness (QED) is 0.915. The molecule has 0 spiro atoms. The number of hydrogen-bond donors (Lipinski definition) is 2. The van der Waals surface area contributed by atoms with E-state index in [9.17, 15) is 4.79 Å². The van der Waals surface area contributed by atoms with E-state index in [1.807, 2.05) is 32.0 Å². The van der Waals surface area contributed by atoms with Crippen LogP contribution in [-0.2, 0) is 0 Å². The Labute approximate surface area is 131 Å². The van der Waals surface area contributed by atoms with Gasteiger partial charge in [-0.1, -0.05) is 25.1 Å². The second-order valence-corrected chi connectivity index (χ2v) is 6.75. The van der Waals surface area contributed by atoms with Crippen molar-refractivity contribution in [1.29, 1.82) is 0 Å². The minimum Gasteiger partial charge on any atom is -0.450 e. The van der Waals surface area contributed by atoms with Gasteiger partial charge in [0, 0.05) is 17.5 Å². The van der Waals surface area contributed by atoms with Gasteiger partial charge in [-0.25, -0.2) is 0 Å². The molecule has 1 aromatic carbocycles. The van der Waals surface area contributed by atoms with Gasteiger partial charge in [0.05, 0.1) is 0 Å². The first-order valence-electron chi connectivity index (χ1n) is 7.98. The van der Waals surface area contributed by atoms with Crippen LogP contribution in [0.2, 0.25) is 0 Å². The molecule has 0 aliphatic carbocycles. The second kappa shape index (κ2) is 5.76. The highest BCUT2D eigenvalue weighted by molar-refractivity contribution is 5.99. The van der Waals surface area contributed by atoms with Crippen molar-refractivity contribution < 1.29 is 9.21 Å². The number of hydrogen-bond acceptors (Lipinski definition) is 3. The molecule has 4 heteroatoms. The van der Waals surface area contributed by atoms with Crippen molar-refractivity contribution >= 4 is 16.9 Å². The van der Waals surface area contributed by atoms with Crippen LogP contribution in [-0.4, -0.2) is 25.5 Å². The molecule has 1 saturated heterocycles. The van der Waals surface area contributed by atoms with E-state index in [4.69, 9.17) is 4.42 Å². The third kappa shape index (κ3) is 2.75. The number of nitrogens with one attached hydrogen (secondary N) is 2. The Hall–Kier alpha value is -1.81. The standard InChI is InChI=1S/C18H24N2O2/c1-12-5-4-6-14-13(2)16(22-15(12)14)17(21)20-11-18(3)7-9-19-10-8-18/h4-6,19H,7-11H2,1-3H3,(H,20,21). The number of rotatable bonds is 3. The summed E-state index contributed by atoms with van der Waals surface area (Å²) >= 11 is 0. The fourth-order valence-electron chi connectivity index (χ4n) is 3.18.